The lowest BCUT2D eigenvalue weighted by atomic mass is 9.94. The van der Waals surface area contributed by atoms with Crippen molar-refractivity contribution in [3.8, 4) is 0 Å². The highest BCUT2D eigenvalue weighted by atomic mass is 79.9. The Kier molecular flexibility index (Phi) is 5.69. The maximum Gasteiger partial charge on any atom is 0.230 e. The summed E-state index contributed by atoms with van der Waals surface area (Å²) in [5, 5.41) is 6.57. The average Bonchev–Trinajstić information content (AvgIpc) is 3.28. The molecule has 21 heavy (non-hydrogen) atoms. The predicted molar refractivity (Wildman–Crippen MR) is 90.9 cm³/mol. The zero-order valence-corrected chi connectivity index (χ0v) is 14.4. The summed E-state index contributed by atoms with van der Waals surface area (Å²) in [5.74, 6) is 0.804. The summed E-state index contributed by atoms with van der Waals surface area (Å²) in [6.07, 6.45) is 4.39. The summed E-state index contributed by atoms with van der Waals surface area (Å²) in [6, 6.07) is 8.18. The molecule has 1 aliphatic carbocycles. The van der Waals surface area contributed by atoms with Gasteiger partial charge in [0.1, 0.15) is 0 Å². The second-order valence-electron chi connectivity index (χ2n) is 6.01. The molecule has 3 nitrogen and oxygen atoms in total. The molecule has 5 heteroatoms. The molecule has 1 unspecified atom stereocenters. The summed E-state index contributed by atoms with van der Waals surface area (Å²) in [4.78, 5) is 12.5. The van der Waals surface area contributed by atoms with E-state index in [2.05, 4.69) is 38.7 Å². The molecule has 1 saturated heterocycles. The Morgan fingerprint density at radius 1 is 1.33 bits per heavy atom. The average molecular weight is 374 g/mol. The van der Waals surface area contributed by atoms with Gasteiger partial charge in [-0.25, -0.2) is 0 Å². The molecule has 0 radical (unpaired) electrons. The van der Waals surface area contributed by atoms with E-state index in [1.165, 1.54) is 12.8 Å². The Balaban J connectivity index is 0.00000161. The van der Waals surface area contributed by atoms with E-state index in [0.717, 1.165) is 42.5 Å². The monoisotopic (exact) mass is 372 g/mol. The minimum Gasteiger partial charge on any atom is -0.355 e. The molecular weight excluding hydrogens is 352 g/mol. The van der Waals surface area contributed by atoms with Crippen LogP contribution in [0.4, 0.5) is 0 Å². The minimum absolute atomic E-state index is 0. The third kappa shape index (κ3) is 3.79. The minimum atomic E-state index is -0.247. The van der Waals surface area contributed by atoms with Gasteiger partial charge in [0.25, 0.3) is 0 Å². The van der Waals surface area contributed by atoms with E-state index >= 15 is 0 Å². The van der Waals surface area contributed by atoms with Crippen molar-refractivity contribution in [1.29, 1.82) is 0 Å². The standard InChI is InChI=1S/C16H21BrN2O.ClH/c17-14-5-3-13(4-6-14)16(7-8-16)15(20)19-11-12-2-1-9-18-10-12;/h3-6,12,18H,1-2,7-11H2,(H,19,20);1H. The van der Waals surface area contributed by atoms with Gasteiger partial charge in [0, 0.05) is 11.0 Å². The first-order valence-corrected chi connectivity index (χ1v) is 8.25. The number of benzene rings is 1. The van der Waals surface area contributed by atoms with Crippen LogP contribution in [0.2, 0.25) is 0 Å². The first-order valence-electron chi connectivity index (χ1n) is 7.46. The van der Waals surface area contributed by atoms with E-state index in [1.54, 1.807) is 0 Å². The molecule has 1 amide bonds. The third-order valence-corrected chi connectivity index (χ3v) is 5.06. The molecule has 1 aromatic carbocycles. The zero-order valence-electron chi connectivity index (χ0n) is 12.0. The maximum absolute atomic E-state index is 12.5. The van der Waals surface area contributed by atoms with Crippen molar-refractivity contribution < 1.29 is 4.79 Å². The number of hydrogen-bond donors (Lipinski definition) is 2. The predicted octanol–water partition coefficient (Wildman–Crippen LogP) is 3.02. The quantitative estimate of drug-likeness (QED) is 0.852. The molecule has 2 aliphatic rings. The molecule has 0 bridgehead atoms. The fraction of sp³-hybridized carbons (Fsp3) is 0.562. The highest BCUT2D eigenvalue weighted by Gasteiger charge is 2.51. The van der Waals surface area contributed by atoms with Crippen LogP contribution in [0.25, 0.3) is 0 Å². The molecule has 1 aliphatic heterocycles. The van der Waals surface area contributed by atoms with Gasteiger partial charge in [0.2, 0.25) is 5.91 Å². The number of carbonyl (C=O) groups excluding carboxylic acids is 1. The van der Waals surface area contributed by atoms with Crippen LogP contribution in [-0.2, 0) is 10.2 Å². The number of carbonyl (C=O) groups is 1. The van der Waals surface area contributed by atoms with Crippen molar-refractivity contribution in [2.24, 2.45) is 5.92 Å². The summed E-state index contributed by atoms with van der Waals surface area (Å²) < 4.78 is 1.06. The topological polar surface area (TPSA) is 41.1 Å². The van der Waals surface area contributed by atoms with E-state index < -0.39 is 0 Å². The van der Waals surface area contributed by atoms with Crippen LogP contribution in [0.1, 0.15) is 31.2 Å². The van der Waals surface area contributed by atoms with Crippen LogP contribution in [0.5, 0.6) is 0 Å². The van der Waals surface area contributed by atoms with Gasteiger partial charge in [-0.2, -0.15) is 0 Å². The molecule has 2 fully saturated rings. The number of piperidine rings is 1. The Morgan fingerprint density at radius 2 is 2.05 bits per heavy atom. The summed E-state index contributed by atoms with van der Waals surface area (Å²) >= 11 is 3.44. The third-order valence-electron chi connectivity index (χ3n) is 4.53. The van der Waals surface area contributed by atoms with Crippen molar-refractivity contribution in [3.63, 3.8) is 0 Å². The molecule has 0 spiro atoms. The molecule has 1 aromatic rings. The van der Waals surface area contributed by atoms with Crippen LogP contribution in [0, 0.1) is 5.92 Å². The van der Waals surface area contributed by atoms with Gasteiger partial charge in [-0.3, -0.25) is 4.79 Å². The second-order valence-corrected chi connectivity index (χ2v) is 6.93. The van der Waals surface area contributed by atoms with Crippen molar-refractivity contribution in [2.75, 3.05) is 19.6 Å². The summed E-state index contributed by atoms with van der Waals surface area (Å²) in [5.41, 5.74) is 0.906. The number of amides is 1. The van der Waals surface area contributed by atoms with Crippen molar-refractivity contribution in [1.82, 2.24) is 10.6 Å². The number of halogens is 2. The first-order chi connectivity index (χ1) is 9.71. The second kappa shape index (κ2) is 7.12. The Labute approximate surface area is 140 Å². The van der Waals surface area contributed by atoms with Gasteiger partial charge in [0.15, 0.2) is 0 Å². The number of rotatable bonds is 4. The van der Waals surface area contributed by atoms with Crippen LogP contribution in [0.15, 0.2) is 28.7 Å². The normalized spacial score (nSPS) is 23.0. The van der Waals surface area contributed by atoms with Crippen molar-refractivity contribution in [2.45, 2.75) is 31.1 Å². The lowest BCUT2D eigenvalue weighted by Crippen LogP contribution is -2.41. The lowest BCUT2D eigenvalue weighted by Gasteiger charge is -2.24. The van der Waals surface area contributed by atoms with E-state index in [9.17, 15) is 4.79 Å². The highest BCUT2D eigenvalue weighted by molar-refractivity contribution is 9.10. The fourth-order valence-corrected chi connectivity index (χ4v) is 3.31. The van der Waals surface area contributed by atoms with Gasteiger partial charge in [0.05, 0.1) is 5.41 Å². The van der Waals surface area contributed by atoms with Gasteiger partial charge >= 0.3 is 0 Å². The Morgan fingerprint density at radius 3 is 2.62 bits per heavy atom. The SMILES string of the molecule is Cl.O=C(NCC1CCCNC1)C1(c2ccc(Br)cc2)CC1. The fourth-order valence-electron chi connectivity index (χ4n) is 3.05. The van der Waals surface area contributed by atoms with E-state index in [-0.39, 0.29) is 23.7 Å². The number of nitrogens with one attached hydrogen (secondary N) is 2. The maximum atomic E-state index is 12.5. The Hall–Kier alpha value is -0.580. The molecule has 3 rings (SSSR count). The van der Waals surface area contributed by atoms with Gasteiger partial charge in [-0.05, 0) is 62.4 Å². The van der Waals surface area contributed by atoms with E-state index in [0.29, 0.717) is 5.92 Å². The van der Waals surface area contributed by atoms with E-state index in [1.807, 2.05) is 12.1 Å². The van der Waals surface area contributed by atoms with Gasteiger partial charge in [-0.1, -0.05) is 28.1 Å². The molecule has 2 N–H and O–H groups in total. The van der Waals surface area contributed by atoms with Gasteiger partial charge in [-0.15, -0.1) is 12.4 Å². The molecule has 1 heterocycles. The van der Waals surface area contributed by atoms with Crippen LogP contribution in [0.3, 0.4) is 0 Å². The van der Waals surface area contributed by atoms with Crippen molar-refractivity contribution in [3.05, 3.63) is 34.3 Å². The largest absolute Gasteiger partial charge is 0.355 e. The summed E-state index contributed by atoms with van der Waals surface area (Å²) in [7, 11) is 0. The van der Waals surface area contributed by atoms with Crippen LogP contribution in [-0.4, -0.2) is 25.5 Å². The number of hydrogen-bond acceptors (Lipinski definition) is 2. The smallest absolute Gasteiger partial charge is 0.230 e. The van der Waals surface area contributed by atoms with Gasteiger partial charge < -0.3 is 10.6 Å². The molecule has 1 saturated carbocycles. The molecule has 116 valence electrons. The molecule has 0 aromatic heterocycles. The Bertz CT molecular complexity index is 482. The zero-order chi connectivity index (χ0) is 14.0. The summed E-state index contributed by atoms with van der Waals surface area (Å²) in [6.45, 7) is 2.96. The molecular formula is C16H22BrClN2O. The van der Waals surface area contributed by atoms with Crippen LogP contribution < -0.4 is 10.6 Å². The van der Waals surface area contributed by atoms with Crippen molar-refractivity contribution >= 4 is 34.2 Å². The lowest BCUT2D eigenvalue weighted by molar-refractivity contribution is -0.123. The molecule has 1 atom stereocenters. The van der Waals surface area contributed by atoms with Crippen LogP contribution >= 0.6 is 28.3 Å². The highest BCUT2D eigenvalue weighted by Crippen LogP contribution is 2.48. The first kappa shape index (κ1) is 16.8. The van der Waals surface area contributed by atoms with E-state index in [4.69, 9.17) is 0 Å².